The lowest BCUT2D eigenvalue weighted by Gasteiger charge is -2.56. The highest BCUT2D eigenvalue weighted by Crippen LogP contribution is 2.55. The monoisotopic (exact) mass is 276 g/mol. The summed E-state index contributed by atoms with van der Waals surface area (Å²) < 4.78 is 0. The molecule has 0 aromatic heterocycles. The van der Waals surface area contributed by atoms with Crippen molar-refractivity contribution in [1.29, 1.82) is 0 Å². The average molecular weight is 276 g/mol. The number of carbonyl (C=O) groups is 1. The van der Waals surface area contributed by atoms with E-state index in [-0.39, 0.29) is 11.6 Å². The zero-order valence-corrected chi connectivity index (χ0v) is 13.0. The summed E-state index contributed by atoms with van der Waals surface area (Å²) >= 11 is 0. The van der Waals surface area contributed by atoms with E-state index in [1.165, 1.54) is 44.1 Å². The van der Waals surface area contributed by atoms with Gasteiger partial charge in [-0.15, -0.1) is 0 Å². The highest BCUT2D eigenvalue weighted by molar-refractivity contribution is 5.76. The number of allylic oxidation sites excluding steroid dienone is 1. The molecule has 2 N–H and O–H groups in total. The minimum absolute atomic E-state index is 0.00745. The van der Waals surface area contributed by atoms with Crippen LogP contribution in [0, 0.1) is 23.7 Å². The first-order chi connectivity index (χ1) is 9.46. The molecule has 4 aliphatic carbocycles. The number of hydrogen-bond donors (Lipinski definition) is 2. The van der Waals surface area contributed by atoms with E-state index in [9.17, 15) is 4.79 Å². The van der Waals surface area contributed by atoms with Crippen molar-refractivity contribution in [3.8, 4) is 0 Å². The van der Waals surface area contributed by atoms with Crippen LogP contribution in [0.4, 0.5) is 4.79 Å². The summed E-state index contributed by atoms with van der Waals surface area (Å²) in [4.78, 5) is 12.2. The van der Waals surface area contributed by atoms with Crippen LogP contribution in [0.1, 0.15) is 59.3 Å². The van der Waals surface area contributed by atoms with Gasteiger partial charge in [-0.2, -0.15) is 0 Å². The van der Waals surface area contributed by atoms with Crippen LogP contribution in [-0.2, 0) is 0 Å². The van der Waals surface area contributed by atoms with Gasteiger partial charge in [-0.05, 0) is 69.1 Å². The van der Waals surface area contributed by atoms with E-state index in [0.29, 0.717) is 5.92 Å². The first-order valence-corrected chi connectivity index (χ1v) is 8.21. The Bertz CT molecular complexity index is 389. The summed E-state index contributed by atoms with van der Waals surface area (Å²) in [5.41, 5.74) is 1.32. The van der Waals surface area contributed by atoms with Crippen molar-refractivity contribution < 1.29 is 4.79 Å². The number of rotatable bonds is 3. The summed E-state index contributed by atoms with van der Waals surface area (Å²) in [7, 11) is 0. The fourth-order valence-corrected chi connectivity index (χ4v) is 4.89. The van der Waals surface area contributed by atoms with Gasteiger partial charge in [-0.25, -0.2) is 4.79 Å². The SMILES string of the molecule is C/C(=C\NC(=O)NC12CC3CC(CC(C3)C1)C2)C(C)C. The molecule has 0 saturated heterocycles. The molecule has 0 aromatic carbocycles. The van der Waals surface area contributed by atoms with Gasteiger partial charge in [0.1, 0.15) is 0 Å². The van der Waals surface area contributed by atoms with Crippen molar-refractivity contribution in [1.82, 2.24) is 10.6 Å². The van der Waals surface area contributed by atoms with E-state index in [1.807, 2.05) is 6.20 Å². The molecule has 0 spiro atoms. The molecule has 4 rings (SSSR count). The van der Waals surface area contributed by atoms with Gasteiger partial charge in [-0.1, -0.05) is 19.4 Å². The van der Waals surface area contributed by atoms with Gasteiger partial charge in [0.05, 0.1) is 0 Å². The zero-order valence-electron chi connectivity index (χ0n) is 13.0. The maximum absolute atomic E-state index is 12.2. The summed E-state index contributed by atoms with van der Waals surface area (Å²) in [6.07, 6.45) is 9.72. The molecule has 4 fully saturated rings. The lowest BCUT2D eigenvalue weighted by molar-refractivity contribution is -0.0133. The van der Waals surface area contributed by atoms with E-state index in [0.717, 1.165) is 17.8 Å². The maximum Gasteiger partial charge on any atom is 0.319 e. The zero-order chi connectivity index (χ0) is 14.3. The number of nitrogens with one attached hydrogen (secondary N) is 2. The van der Waals surface area contributed by atoms with Crippen LogP contribution in [0.3, 0.4) is 0 Å². The predicted molar refractivity (Wildman–Crippen MR) is 81.2 cm³/mol. The smallest absolute Gasteiger partial charge is 0.319 e. The third-order valence-electron chi connectivity index (χ3n) is 5.76. The average Bonchev–Trinajstić information content (AvgIpc) is 2.33. The van der Waals surface area contributed by atoms with Crippen LogP contribution in [-0.4, -0.2) is 11.6 Å². The second-order valence-electron chi connectivity index (χ2n) is 7.84. The van der Waals surface area contributed by atoms with Gasteiger partial charge in [0, 0.05) is 11.7 Å². The van der Waals surface area contributed by atoms with Crippen LogP contribution in [0.25, 0.3) is 0 Å². The van der Waals surface area contributed by atoms with Crippen molar-refractivity contribution >= 4 is 6.03 Å². The quantitative estimate of drug-likeness (QED) is 0.808. The molecule has 0 radical (unpaired) electrons. The molecule has 0 heterocycles. The van der Waals surface area contributed by atoms with E-state index >= 15 is 0 Å². The highest BCUT2D eigenvalue weighted by Gasteiger charge is 2.51. The maximum atomic E-state index is 12.2. The molecule has 2 amide bonds. The Hall–Kier alpha value is -0.990. The molecule has 0 atom stereocenters. The Morgan fingerprint density at radius 2 is 1.60 bits per heavy atom. The largest absolute Gasteiger partial charge is 0.332 e. The topological polar surface area (TPSA) is 41.1 Å². The fraction of sp³-hybridized carbons (Fsp3) is 0.824. The van der Waals surface area contributed by atoms with Crippen LogP contribution in [0.15, 0.2) is 11.8 Å². The normalized spacial score (nSPS) is 39.2. The molecule has 0 aromatic rings. The molecule has 0 unspecified atom stereocenters. The standard InChI is InChI=1S/C17H28N2O/c1-11(2)12(3)10-18-16(20)19-17-7-13-4-14(8-17)6-15(5-13)9-17/h10-11,13-15H,4-9H2,1-3H3,(H2,18,19,20)/b12-10+. The molecule has 0 aliphatic heterocycles. The molecule has 3 nitrogen and oxygen atoms in total. The van der Waals surface area contributed by atoms with Crippen LogP contribution in [0.2, 0.25) is 0 Å². The van der Waals surface area contributed by atoms with E-state index in [4.69, 9.17) is 0 Å². The third-order valence-corrected chi connectivity index (χ3v) is 5.76. The van der Waals surface area contributed by atoms with Crippen molar-refractivity contribution in [2.75, 3.05) is 0 Å². The molecule has 20 heavy (non-hydrogen) atoms. The highest BCUT2D eigenvalue weighted by atomic mass is 16.2. The minimum Gasteiger partial charge on any atom is -0.332 e. The van der Waals surface area contributed by atoms with E-state index < -0.39 is 0 Å². The molecule has 3 heteroatoms. The van der Waals surface area contributed by atoms with Crippen molar-refractivity contribution in [2.24, 2.45) is 23.7 Å². The Balaban J connectivity index is 1.60. The Kier molecular flexibility index (Phi) is 3.55. The van der Waals surface area contributed by atoms with Crippen molar-refractivity contribution in [3.63, 3.8) is 0 Å². The lowest BCUT2D eigenvalue weighted by Crippen LogP contribution is -2.61. The summed E-state index contributed by atoms with van der Waals surface area (Å²) in [5.74, 6) is 3.09. The molecule has 4 bridgehead atoms. The van der Waals surface area contributed by atoms with Crippen molar-refractivity contribution in [2.45, 2.75) is 64.8 Å². The molecular formula is C17H28N2O. The second kappa shape index (κ2) is 5.09. The molecule has 4 aliphatic rings. The van der Waals surface area contributed by atoms with Gasteiger partial charge < -0.3 is 10.6 Å². The van der Waals surface area contributed by atoms with Gasteiger partial charge in [0.15, 0.2) is 0 Å². The van der Waals surface area contributed by atoms with Crippen LogP contribution < -0.4 is 10.6 Å². The van der Waals surface area contributed by atoms with E-state index in [2.05, 4.69) is 31.4 Å². The van der Waals surface area contributed by atoms with Gasteiger partial charge >= 0.3 is 6.03 Å². The first kappa shape index (κ1) is 14.0. The third kappa shape index (κ3) is 2.72. The van der Waals surface area contributed by atoms with Gasteiger partial charge in [0.25, 0.3) is 0 Å². The Morgan fingerprint density at radius 3 is 2.05 bits per heavy atom. The lowest BCUT2D eigenvalue weighted by atomic mass is 9.53. The Morgan fingerprint density at radius 1 is 1.10 bits per heavy atom. The second-order valence-corrected chi connectivity index (χ2v) is 7.84. The molecular weight excluding hydrogens is 248 g/mol. The molecule has 112 valence electrons. The predicted octanol–water partition coefficient (Wildman–Crippen LogP) is 3.81. The number of hydrogen-bond acceptors (Lipinski definition) is 1. The van der Waals surface area contributed by atoms with Crippen LogP contribution in [0.5, 0.6) is 0 Å². The first-order valence-electron chi connectivity index (χ1n) is 8.21. The number of amides is 2. The van der Waals surface area contributed by atoms with E-state index in [1.54, 1.807) is 0 Å². The summed E-state index contributed by atoms with van der Waals surface area (Å²) in [6.45, 7) is 6.35. The molecule has 4 saturated carbocycles. The van der Waals surface area contributed by atoms with Crippen molar-refractivity contribution in [3.05, 3.63) is 11.8 Å². The Labute approximate surface area is 122 Å². The fourth-order valence-electron chi connectivity index (χ4n) is 4.89. The minimum atomic E-state index is -0.00745. The summed E-state index contributed by atoms with van der Waals surface area (Å²) in [6, 6.07) is -0.00745. The van der Waals surface area contributed by atoms with Gasteiger partial charge in [0.2, 0.25) is 0 Å². The number of urea groups is 1. The number of carbonyl (C=O) groups excluding carboxylic acids is 1. The summed E-state index contributed by atoms with van der Waals surface area (Å²) in [5, 5.41) is 6.25. The van der Waals surface area contributed by atoms with Gasteiger partial charge in [-0.3, -0.25) is 0 Å². The van der Waals surface area contributed by atoms with Crippen LogP contribution >= 0.6 is 0 Å².